The van der Waals surface area contributed by atoms with Gasteiger partial charge >= 0.3 is 0 Å². The molecule has 0 saturated carbocycles. The number of nitro groups is 1. The number of hydrogen-bond donors (Lipinski definition) is 1. The fourth-order valence-electron chi connectivity index (χ4n) is 1.19. The summed E-state index contributed by atoms with van der Waals surface area (Å²) in [5, 5.41) is 19.4. The number of nitro benzene ring substituents is 1. The van der Waals surface area contributed by atoms with Crippen molar-refractivity contribution in [2.24, 2.45) is 0 Å². The molecule has 1 N–H and O–H groups in total. The molecular weight excluding hydrogens is 234 g/mol. The van der Waals surface area contributed by atoms with Crippen molar-refractivity contribution in [3.05, 3.63) is 34.4 Å². The Kier molecular flexibility index (Phi) is 3.61. The molecule has 0 aliphatic heterocycles. The third-order valence-electron chi connectivity index (χ3n) is 1.87. The molecular formula is C9H11NO5S. The molecule has 1 aromatic rings. The lowest BCUT2D eigenvalue weighted by atomic mass is 10.3. The van der Waals surface area contributed by atoms with Crippen LogP contribution in [0.2, 0.25) is 0 Å². The lowest BCUT2D eigenvalue weighted by Gasteiger charge is -2.05. The van der Waals surface area contributed by atoms with Crippen LogP contribution in [-0.2, 0) is 9.84 Å². The second kappa shape index (κ2) is 4.58. The molecule has 0 bridgehead atoms. The van der Waals surface area contributed by atoms with Gasteiger partial charge in [-0.25, -0.2) is 8.42 Å². The van der Waals surface area contributed by atoms with Gasteiger partial charge in [0.1, 0.15) is 0 Å². The summed E-state index contributed by atoms with van der Waals surface area (Å²) in [4.78, 5) is 9.72. The Morgan fingerprint density at radius 3 is 2.25 bits per heavy atom. The normalized spacial score (nSPS) is 13.4. The zero-order chi connectivity index (χ0) is 12.3. The number of rotatable bonds is 4. The molecule has 0 unspecified atom stereocenters. The van der Waals surface area contributed by atoms with Crippen LogP contribution in [-0.4, -0.2) is 30.3 Å². The number of benzene rings is 1. The Morgan fingerprint density at radius 1 is 1.38 bits per heavy atom. The minimum Gasteiger partial charge on any atom is -0.392 e. The Hall–Kier alpha value is -1.47. The van der Waals surface area contributed by atoms with Gasteiger partial charge in [0, 0.05) is 12.1 Å². The number of sulfone groups is 1. The smallest absolute Gasteiger partial charge is 0.269 e. The zero-order valence-corrected chi connectivity index (χ0v) is 9.35. The minimum atomic E-state index is -3.57. The highest BCUT2D eigenvalue weighted by Crippen LogP contribution is 2.17. The topological polar surface area (TPSA) is 97.5 Å². The van der Waals surface area contributed by atoms with E-state index in [-0.39, 0.29) is 10.6 Å². The molecule has 0 aromatic heterocycles. The quantitative estimate of drug-likeness (QED) is 0.623. The number of aliphatic hydroxyl groups is 1. The summed E-state index contributed by atoms with van der Waals surface area (Å²) in [5.41, 5.74) is -0.170. The summed E-state index contributed by atoms with van der Waals surface area (Å²) in [6, 6.07) is 4.57. The fraction of sp³-hybridized carbons (Fsp3) is 0.333. The van der Waals surface area contributed by atoms with E-state index in [0.717, 1.165) is 24.3 Å². The molecule has 6 nitrogen and oxygen atoms in total. The molecule has 88 valence electrons. The summed E-state index contributed by atoms with van der Waals surface area (Å²) < 4.78 is 23.2. The predicted octanol–water partition coefficient (Wildman–Crippen LogP) is 0.749. The van der Waals surface area contributed by atoms with Crippen LogP contribution in [0.3, 0.4) is 0 Å². The van der Waals surface area contributed by atoms with E-state index in [4.69, 9.17) is 5.11 Å². The van der Waals surface area contributed by atoms with Gasteiger partial charge in [-0.3, -0.25) is 10.1 Å². The maximum absolute atomic E-state index is 11.6. The number of aliphatic hydroxyl groups excluding tert-OH is 1. The van der Waals surface area contributed by atoms with Gasteiger partial charge in [0.2, 0.25) is 0 Å². The van der Waals surface area contributed by atoms with Crippen LogP contribution in [0.25, 0.3) is 0 Å². The van der Waals surface area contributed by atoms with Crippen molar-refractivity contribution in [1.82, 2.24) is 0 Å². The number of hydrogen-bond acceptors (Lipinski definition) is 5. The van der Waals surface area contributed by atoms with Gasteiger partial charge in [-0.1, -0.05) is 0 Å². The second-order valence-corrected chi connectivity index (χ2v) is 5.42. The summed E-state index contributed by atoms with van der Waals surface area (Å²) >= 11 is 0. The third-order valence-corrected chi connectivity index (χ3v) is 3.78. The fourth-order valence-corrected chi connectivity index (χ4v) is 2.57. The van der Waals surface area contributed by atoms with Crippen molar-refractivity contribution < 1.29 is 18.4 Å². The van der Waals surface area contributed by atoms with Crippen molar-refractivity contribution in [2.75, 3.05) is 5.75 Å². The van der Waals surface area contributed by atoms with Crippen molar-refractivity contribution in [3.8, 4) is 0 Å². The van der Waals surface area contributed by atoms with E-state index in [9.17, 15) is 18.5 Å². The monoisotopic (exact) mass is 245 g/mol. The van der Waals surface area contributed by atoms with Gasteiger partial charge in [-0.15, -0.1) is 0 Å². The third kappa shape index (κ3) is 3.01. The van der Waals surface area contributed by atoms with Gasteiger partial charge < -0.3 is 5.11 Å². The first-order chi connectivity index (χ1) is 7.33. The average molecular weight is 245 g/mol. The Bertz CT molecular complexity index is 477. The van der Waals surface area contributed by atoms with Crippen LogP contribution in [0.5, 0.6) is 0 Å². The Balaban J connectivity index is 3.02. The molecule has 0 radical (unpaired) electrons. The molecule has 0 fully saturated rings. The first-order valence-corrected chi connectivity index (χ1v) is 6.13. The average Bonchev–Trinajstić information content (AvgIpc) is 2.16. The van der Waals surface area contributed by atoms with Crippen molar-refractivity contribution in [1.29, 1.82) is 0 Å². The van der Waals surface area contributed by atoms with Crippen LogP contribution in [0.1, 0.15) is 6.92 Å². The van der Waals surface area contributed by atoms with Crippen LogP contribution >= 0.6 is 0 Å². The van der Waals surface area contributed by atoms with E-state index in [0.29, 0.717) is 0 Å². The molecule has 0 aliphatic carbocycles. The van der Waals surface area contributed by atoms with Crippen LogP contribution in [0, 0.1) is 10.1 Å². The van der Waals surface area contributed by atoms with Gasteiger partial charge in [-0.05, 0) is 19.1 Å². The van der Waals surface area contributed by atoms with E-state index in [1.165, 1.54) is 6.92 Å². The largest absolute Gasteiger partial charge is 0.392 e. The molecule has 1 aromatic carbocycles. The Labute approximate surface area is 92.6 Å². The molecule has 1 rings (SSSR count). The van der Waals surface area contributed by atoms with Gasteiger partial charge in [0.05, 0.1) is 21.7 Å². The maximum Gasteiger partial charge on any atom is 0.269 e. The van der Waals surface area contributed by atoms with Crippen LogP contribution in [0.15, 0.2) is 29.2 Å². The zero-order valence-electron chi connectivity index (χ0n) is 8.53. The molecule has 0 amide bonds. The predicted molar refractivity (Wildman–Crippen MR) is 56.8 cm³/mol. The minimum absolute atomic E-state index is 0.0287. The van der Waals surface area contributed by atoms with E-state index >= 15 is 0 Å². The molecule has 0 saturated heterocycles. The van der Waals surface area contributed by atoms with Crippen LogP contribution < -0.4 is 0 Å². The van der Waals surface area contributed by atoms with E-state index in [1.807, 2.05) is 0 Å². The standard InChI is InChI=1S/C9H11NO5S/c1-7(11)6-16(14,15)9-4-2-8(3-5-9)10(12)13/h2-5,7,11H,6H2,1H3/t7-/m0/s1. The summed E-state index contributed by atoms with van der Waals surface area (Å²) in [7, 11) is -3.57. The maximum atomic E-state index is 11.6. The SMILES string of the molecule is C[C@H](O)CS(=O)(=O)c1ccc([N+](=O)[O-])cc1. The molecule has 16 heavy (non-hydrogen) atoms. The summed E-state index contributed by atoms with van der Waals surface area (Å²) in [5.74, 6) is -0.398. The summed E-state index contributed by atoms with van der Waals surface area (Å²) in [6.45, 7) is 1.36. The first kappa shape index (κ1) is 12.6. The van der Waals surface area contributed by atoms with Gasteiger partial charge in [0.15, 0.2) is 9.84 Å². The number of non-ortho nitro benzene ring substituents is 1. The molecule has 0 aliphatic rings. The van der Waals surface area contributed by atoms with Gasteiger partial charge in [-0.2, -0.15) is 0 Å². The van der Waals surface area contributed by atoms with Crippen molar-refractivity contribution in [2.45, 2.75) is 17.9 Å². The molecule has 1 atom stereocenters. The van der Waals surface area contributed by atoms with Crippen LogP contribution in [0.4, 0.5) is 5.69 Å². The highest BCUT2D eigenvalue weighted by atomic mass is 32.2. The molecule has 7 heteroatoms. The molecule has 0 spiro atoms. The van der Waals surface area contributed by atoms with E-state index < -0.39 is 26.6 Å². The van der Waals surface area contributed by atoms with E-state index in [2.05, 4.69) is 0 Å². The summed E-state index contributed by atoms with van der Waals surface area (Å²) in [6.07, 6.45) is -0.972. The van der Waals surface area contributed by atoms with Crippen molar-refractivity contribution >= 4 is 15.5 Å². The highest BCUT2D eigenvalue weighted by molar-refractivity contribution is 7.91. The number of nitrogens with zero attached hydrogens (tertiary/aromatic N) is 1. The second-order valence-electron chi connectivity index (χ2n) is 3.38. The van der Waals surface area contributed by atoms with Gasteiger partial charge in [0.25, 0.3) is 5.69 Å². The lowest BCUT2D eigenvalue weighted by molar-refractivity contribution is -0.384. The first-order valence-electron chi connectivity index (χ1n) is 4.48. The van der Waals surface area contributed by atoms with E-state index in [1.54, 1.807) is 0 Å². The Morgan fingerprint density at radius 2 is 1.88 bits per heavy atom. The lowest BCUT2D eigenvalue weighted by Crippen LogP contribution is -2.17. The highest BCUT2D eigenvalue weighted by Gasteiger charge is 2.18. The van der Waals surface area contributed by atoms with Crippen molar-refractivity contribution in [3.63, 3.8) is 0 Å². The molecule has 0 heterocycles.